The van der Waals surface area contributed by atoms with E-state index in [4.69, 9.17) is 11.6 Å². The SMILES string of the molecule is FC(F)Oc1ccc2nc(C(F)(F)F)cc(Cl)c2c1. The van der Waals surface area contributed by atoms with E-state index >= 15 is 0 Å². The number of nitrogens with zero attached hydrogens (tertiary/aromatic N) is 1. The molecular weight excluding hydrogens is 293 g/mol. The summed E-state index contributed by atoms with van der Waals surface area (Å²) in [5, 5.41) is -0.134. The van der Waals surface area contributed by atoms with Gasteiger partial charge in [-0.1, -0.05) is 11.6 Å². The van der Waals surface area contributed by atoms with Crippen LogP contribution in [0.2, 0.25) is 5.02 Å². The average molecular weight is 298 g/mol. The third-order valence-electron chi connectivity index (χ3n) is 2.25. The van der Waals surface area contributed by atoms with Gasteiger partial charge in [0.1, 0.15) is 11.4 Å². The van der Waals surface area contributed by atoms with Gasteiger partial charge in [-0.2, -0.15) is 22.0 Å². The zero-order chi connectivity index (χ0) is 14.2. The number of benzene rings is 1. The number of fused-ring (bicyclic) bond motifs is 1. The molecule has 0 saturated heterocycles. The molecule has 102 valence electrons. The predicted octanol–water partition coefficient (Wildman–Crippen LogP) is 4.51. The topological polar surface area (TPSA) is 22.1 Å². The van der Waals surface area contributed by atoms with Crippen LogP contribution in [0.3, 0.4) is 0 Å². The van der Waals surface area contributed by atoms with E-state index in [9.17, 15) is 22.0 Å². The first kappa shape index (κ1) is 13.8. The number of rotatable bonds is 2. The molecule has 0 radical (unpaired) electrons. The smallest absolute Gasteiger partial charge is 0.433 e. The van der Waals surface area contributed by atoms with Crippen molar-refractivity contribution in [3.05, 3.63) is 35.0 Å². The summed E-state index contributed by atoms with van der Waals surface area (Å²) in [6, 6.07) is 3.97. The van der Waals surface area contributed by atoms with Crippen molar-refractivity contribution in [1.29, 1.82) is 0 Å². The summed E-state index contributed by atoms with van der Waals surface area (Å²) in [5.74, 6) is -0.203. The number of ether oxygens (including phenoxy) is 1. The molecule has 1 aromatic heterocycles. The molecule has 1 heterocycles. The van der Waals surface area contributed by atoms with Gasteiger partial charge in [0, 0.05) is 5.39 Å². The molecule has 0 amide bonds. The van der Waals surface area contributed by atoms with E-state index in [1.54, 1.807) is 0 Å². The van der Waals surface area contributed by atoms with E-state index in [2.05, 4.69) is 9.72 Å². The maximum atomic E-state index is 12.5. The zero-order valence-electron chi connectivity index (χ0n) is 9.01. The van der Waals surface area contributed by atoms with Crippen molar-refractivity contribution in [2.75, 3.05) is 0 Å². The number of pyridine rings is 1. The molecule has 1 aromatic carbocycles. The van der Waals surface area contributed by atoms with Gasteiger partial charge in [-0.3, -0.25) is 0 Å². The Labute approximate surface area is 108 Å². The lowest BCUT2D eigenvalue weighted by atomic mass is 10.2. The second kappa shape index (κ2) is 4.80. The predicted molar refractivity (Wildman–Crippen MR) is 58.4 cm³/mol. The van der Waals surface area contributed by atoms with Crippen LogP contribution in [0.1, 0.15) is 5.69 Å². The van der Waals surface area contributed by atoms with Crippen molar-refractivity contribution >= 4 is 22.5 Å². The molecule has 0 unspecified atom stereocenters. The van der Waals surface area contributed by atoms with E-state index in [1.165, 1.54) is 0 Å². The van der Waals surface area contributed by atoms with Crippen LogP contribution in [-0.2, 0) is 6.18 Å². The molecular formula is C11H5ClF5NO. The normalized spacial score (nSPS) is 12.2. The molecule has 0 aliphatic carbocycles. The van der Waals surface area contributed by atoms with Crippen LogP contribution in [0.5, 0.6) is 5.75 Å². The van der Waals surface area contributed by atoms with Gasteiger partial charge < -0.3 is 4.74 Å². The third kappa shape index (κ3) is 3.04. The Bertz CT molecular complexity index is 614. The van der Waals surface area contributed by atoms with E-state index < -0.39 is 18.5 Å². The lowest BCUT2D eigenvalue weighted by Gasteiger charge is -2.10. The standard InChI is InChI=1S/C11H5ClF5NO/c12-7-4-9(11(15,16)17)18-8-2-1-5(3-6(7)8)19-10(13)14/h1-4,10H. The molecule has 0 atom stereocenters. The van der Waals surface area contributed by atoms with E-state index in [0.29, 0.717) is 6.07 Å². The van der Waals surface area contributed by atoms with Crippen LogP contribution in [-0.4, -0.2) is 11.6 Å². The van der Waals surface area contributed by atoms with Crippen molar-refractivity contribution in [1.82, 2.24) is 4.98 Å². The Hall–Kier alpha value is -1.63. The Morgan fingerprint density at radius 3 is 2.42 bits per heavy atom. The Balaban J connectivity index is 2.54. The second-order valence-electron chi connectivity index (χ2n) is 3.54. The highest BCUT2D eigenvalue weighted by Gasteiger charge is 2.33. The van der Waals surface area contributed by atoms with Gasteiger partial charge in [-0.05, 0) is 24.3 Å². The fraction of sp³-hybridized carbons (Fsp3) is 0.182. The molecule has 0 aliphatic rings. The maximum absolute atomic E-state index is 12.5. The van der Waals surface area contributed by atoms with Crippen LogP contribution >= 0.6 is 11.6 Å². The Kier molecular flexibility index (Phi) is 3.49. The van der Waals surface area contributed by atoms with Gasteiger partial charge in [0.15, 0.2) is 0 Å². The highest BCUT2D eigenvalue weighted by molar-refractivity contribution is 6.35. The monoisotopic (exact) mass is 297 g/mol. The summed E-state index contributed by atoms with van der Waals surface area (Å²) in [6.07, 6.45) is -4.63. The van der Waals surface area contributed by atoms with E-state index in [-0.39, 0.29) is 21.7 Å². The highest BCUT2D eigenvalue weighted by atomic mass is 35.5. The molecule has 0 saturated carbocycles. The van der Waals surface area contributed by atoms with Gasteiger partial charge in [-0.15, -0.1) is 0 Å². The minimum atomic E-state index is -4.63. The van der Waals surface area contributed by atoms with Gasteiger partial charge in [0.25, 0.3) is 0 Å². The highest BCUT2D eigenvalue weighted by Crippen LogP contribution is 2.34. The van der Waals surface area contributed by atoms with Crippen molar-refractivity contribution in [3.63, 3.8) is 0 Å². The summed E-state index contributed by atoms with van der Waals surface area (Å²) < 4.78 is 65.7. The molecule has 2 rings (SSSR count). The fourth-order valence-electron chi connectivity index (χ4n) is 1.49. The van der Waals surface area contributed by atoms with Gasteiger partial charge in [0.2, 0.25) is 0 Å². The molecule has 0 fully saturated rings. The molecule has 0 N–H and O–H groups in total. The first-order chi connectivity index (χ1) is 8.77. The Morgan fingerprint density at radius 1 is 1.16 bits per heavy atom. The lowest BCUT2D eigenvalue weighted by Crippen LogP contribution is -2.08. The quantitative estimate of drug-likeness (QED) is 0.761. The third-order valence-corrected chi connectivity index (χ3v) is 2.56. The summed E-state index contributed by atoms with van der Waals surface area (Å²) in [6.45, 7) is -3.03. The number of hydrogen-bond acceptors (Lipinski definition) is 2. The molecule has 0 aliphatic heterocycles. The van der Waals surface area contributed by atoms with Crippen molar-refractivity contribution in [3.8, 4) is 5.75 Å². The molecule has 8 heteroatoms. The van der Waals surface area contributed by atoms with E-state index in [0.717, 1.165) is 18.2 Å². The Morgan fingerprint density at radius 2 is 1.84 bits per heavy atom. The number of halogens is 6. The minimum Gasteiger partial charge on any atom is -0.435 e. The van der Waals surface area contributed by atoms with Crippen LogP contribution in [0, 0.1) is 0 Å². The average Bonchev–Trinajstić information content (AvgIpc) is 2.27. The van der Waals surface area contributed by atoms with Crippen molar-refractivity contribution in [2.45, 2.75) is 12.8 Å². The maximum Gasteiger partial charge on any atom is 0.433 e. The molecule has 2 aromatic rings. The number of hydrogen-bond donors (Lipinski definition) is 0. The summed E-state index contributed by atoms with van der Waals surface area (Å²) in [4.78, 5) is 3.38. The molecule has 2 nitrogen and oxygen atoms in total. The van der Waals surface area contributed by atoms with Crippen molar-refractivity contribution < 1.29 is 26.7 Å². The number of alkyl halides is 5. The first-order valence-corrected chi connectivity index (χ1v) is 5.27. The zero-order valence-corrected chi connectivity index (χ0v) is 9.77. The summed E-state index contributed by atoms with van der Waals surface area (Å²) in [5.41, 5.74) is -1.20. The van der Waals surface area contributed by atoms with Gasteiger partial charge in [0.05, 0.1) is 10.5 Å². The van der Waals surface area contributed by atoms with Crippen LogP contribution in [0.4, 0.5) is 22.0 Å². The summed E-state index contributed by atoms with van der Waals surface area (Å²) in [7, 11) is 0. The van der Waals surface area contributed by atoms with Crippen LogP contribution in [0.25, 0.3) is 10.9 Å². The minimum absolute atomic E-state index is 0.0542. The molecule has 0 spiro atoms. The van der Waals surface area contributed by atoms with Crippen molar-refractivity contribution in [2.24, 2.45) is 0 Å². The largest absolute Gasteiger partial charge is 0.435 e. The van der Waals surface area contributed by atoms with Gasteiger partial charge >= 0.3 is 12.8 Å². The van der Waals surface area contributed by atoms with E-state index in [1.807, 2.05) is 0 Å². The summed E-state index contributed by atoms with van der Waals surface area (Å²) >= 11 is 5.69. The van der Waals surface area contributed by atoms with Crippen LogP contribution < -0.4 is 4.74 Å². The van der Waals surface area contributed by atoms with Crippen LogP contribution in [0.15, 0.2) is 24.3 Å². The first-order valence-electron chi connectivity index (χ1n) is 4.89. The molecule has 19 heavy (non-hydrogen) atoms. The molecule has 0 bridgehead atoms. The number of aromatic nitrogens is 1. The van der Waals surface area contributed by atoms with Gasteiger partial charge in [-0.25, -0.2) is 4.98 Å². The fourth-order valence-corrected chi connectivity index (χ4v) is 1.74. The second-order valence-corrected chi connectivity index (χ2v) is 3.95. The lowest BCUT2D eigenvalue weighted by molar-refractivity contribution is -0.140.